The van der Waals surface area contributed by atoms with E-state index in [9.17, 15) is 9.59 Å². The van der Waals surface area contributed by atoms with Crippen LogP contribution < -0.4 is 19.7 Å². The van der Waals surface area contributed by atoms with Crippen molar-refractivity contribution in [3.8, 4) is 11.5 Å². The molecule has 0 radical (unpaired) electrons. The molecule has 0 spiro atoms. The molecule has 0 bridgehead atoms. The molecule has 2 aliphatic heterocycles. The molecule has 0 aromatic heterocycles. The van der Waals surface area contributed by atoms with Crippen molar-refractivity contribution >= 4 is 23.2 Å². The summed E-state index contributed by atoms with van der Waals surface area (Å²) in [7, 11) is 5.09. The molecular formula is C21H23N3O4. The van der Waals surface area contributed by atoms with Crippen LogP contribution in [-0.2, 0) is 0 Å². The highest BCUT2D eigenvalue weighted by molar-refractivity contribution is 6.08. The maximum Gasteiger partial charge on any atom is 0.257 e. The van der Waals surface area contributed by atoms with Gasteiger partial charge >= 0.3 is 0 Å². The smallest absolute Gasteiger partial charge is 0.257 e. The fourth-order valence-electron chi connectivity index (χ4n) is 3.97. The monoisotopic (exact) mass is 381 g/mol. The number of hydrogen-bond acceptors (Lipinski definition) is 5. The van der Waals surface area contributed by atoms with Crippen LogP contribution >= 0.6 is 0 Å². The summed E-state index contributed by atoms with van der Waals surface area (Å²) in [6.07, 6.45) is 2.02. The van der Waals surface area contributed by atoms with Crippen molar-refractivity contribution in [3.05, 3.63) is 47.5 Å². The molecular weight excluding hydrogens is 358 g/mol. The molecule has 2 aromatic rings. The summed E-state index contributed by atoms with van der Waals surface area (Å²) in [5.41, 5.74) is 2.54. The van der Waals surface area contributed by atoms with Crippen LogP contribution in [0.3, 0.4) is 0 Å². The minimum atomic E-state index is -0.246. The Kier molecular flexibility index (Phi) is 4.58. The number of nitrogens with zero attached hydrogens (tertiary/aromatic N) is 2. The van der Waals surface area contributed by atoms with Gasteiger partial charge < -0.3 is 24.6 Å². The maximum atomic E-state index is 12.8. The van der Waals surface area contributed by atoms with Gasteiger partial charge in [0.1, 0.15) is 6.17 Å². The maximum absolute atomic E-state index is 12.8. The lowest BCUT2D eigenvalue weighted by atomic mass is 10.0. The molecule has 2 aromatic carbocycles. The number of ether oxygens (including phenoxy) is 2. The topological polar surface area (TPSA) is 71.1 Å². The van der Waals surface area contributed by atoms with Gasteiger partial charge in [0.15, 0.2) is 11.5 Å². The normalized spacial score (nSPS) is 17.8. The molecule has 2 heterocycles. The highest BCUT2D eigenvalue weighted by Gasteiger charge is 2.38. The third-order valence-corrected chi connectivity index (χ3v) is 5.44. The SMILES string of the molecule is COc1ccc(NC(=O)c2ccc3c(c2)N(C)C2CCCN2C3=O)cc1OC. The number of carbonyl (C=O) groups is 2. The summed E-state index contributed by atoms with van der Waals surface area (Å²) in [5, 5.41) is 2.88. The van der Waals surface area contributed by atoms with Gasteiger partial charge in [0.05, 0.1) is 25.5 Å². The molecule has 1 N–H and O–H groups in total. The highest BCUT2D eigenvalue weighted by Crippen LogP contribution is 2.36. The number of amides is 2. The lowest BCUT2D eigenvalue weighted by Crippen LogP contribution is -2.50. The largest absolute Gasteiger partial charge is 0.493 e. The molecule has 28 heavy (non-hydrogen) atoms. The van der Waals surface area contributed by atoms with Gasteiger partial charge in [0.2, 0.25) is 0 Å². The van der Waals surface area contributed by atoms with Gasteiger partial charge in [0.25, 0.3) is 11.8 Å². The Labute approximate surface area is 163 Å². The Morgan fingerprint density at radius 1 is 1.11 bits per heavy atom. The minimum Gasteiger partial charge on any atom is -0.493 e. The number of rotatable bonds is 4. The number of carbonyl (C=O) groups excluding carboxylic acids is 2. The Morgan fingerprint density at radius 2 is 1.89 bits per heavy atom. The summed E-state index contributed by atoms with van der Waals surface area (Å²) in [4.78, 5) is 29.5. The van der Waals surface area contributed by atoms with Crippen molar-refractivity contribution in [2.24, 2.45) is 0 Å². The van der Waals surface area contributed by atoms with E-state index in [1.807, 2.05) is 11.9 Å². The van der Waals surface area contributed by atoms with E-state index in [1.54, 1.807) is 50.6 Å². The van der Waals surface area contributed by atoms with Gasteiger partial charge in [-0.1, -0.05) is 0 Å². The molecule has 1 atom stereocenters. The van der Waals surface area contributed by atoms with Gasteiger partial charge in [-0.25, -0.2) is 0 Å². The quantitative estimate of drug-likeness (QED) is 0.882. The Morgan fingerprint density at radius 3 is 2.64 bits per heavy atom. The number of hydrogen-bond donors (Lipinski definition) is 1. The van der Waals surface area contributed by atoms with E-state index in [0.717, 1.165) is 25.1 Å². The summed E-state index contributed by atoms with van der Waals surface area (Å²) in [6, 6.07) is 10.4. The molecule has 0 aliphatic carbocycles. The number of benzene rings is 2. The number of methoxy groups -OCH3 is 2. The Balaban J connectivity index is 1.60. The van der Waals surface area contributed by atoms with E-state index in [0.29, 0.717) is 28.3 Å². The van der Waals surface area contributed by atoms with Crippen molar-refractivity contribution in [1.82, 2.24) is 4.90 Å². The van der Waals surface area contributed by atoms with Gasteiger partial charge in [-0.3, -0.25) is 9.59 Å². The fourth-order valence-corrected chi connectivity index (χ4v) is 3.97. The third-order valence-electron chi connectivity index (χ3n) is 5.44. The van der Waals surface area contributed by atoms with Crippen LogP contribution in [0.1, 0.15) is 33.6 Å². The molecule has 7 nitrogen and oxygen atoms in total. The second-order valence-corrected chi connectivity index (χ2v) is 6.99. The lowest BCUT2D eigenvalue weighted by molar-refractivity contribution is 0.0719. The number of nitrogens with one attached hydrogen (secondary N) is 1. The molecule has 2 aliphatic rings. The molecule has 1 saturated heterocycles. The van der Waals surface area contributed by atoms with Gasteiger partial charge in [-0.05, 0) is 43.2 Å². The molecule has 1 unspecified atom stereocenters. The molecule has 7 heteroatoms. The van der Waals surface area contributed by atoms with Crippen LogP contribution in [0.15, 0.2) is 36.4 Å². The average Bonchev–Trinajstić information content (AvgIpc) is 3.22. The Hall–Kier alpha value is -3.22. The lowest BCUT2D eigenvalue weighted by Gasteiger charge is -2.40. The first-order valence-electron chi connectivity index (χ1n) is 9.24. The third kappa shape index (κ3) is 2.93. The summed E-state index contributed by atoms with van der Waals surface area (Å²) in [6.45, 7) is 0.787. The molecule has 2 amide bonds. The molecule has 146 valence electrons. The van der Waals surface area contributed by atoms with Crippen molar-refractivity contribution in [3.63, 3.8) is 0 Å². The first kappa shape index (κ1) is 18.2. The van der Waals surface area contributed by atoms with E-state index in [2.05, 4.69) is 10.2 Å². The van der Waals surface area contributed by atoms with E-state index in [1.165, 1.54) is 0 Å². The van der Waals surface area contributed by atoms with E-state index in [4.69, 9.17) is 9.47 Å². The fraction of sp³-hybridized carbons (Fsp3) is 0.333. The average molecular weight is 381 g/mol. The van der Waals surface area contributed by atoms with Crippen LogP contribution in [0, 0.1) is 0 Å². The van der Waals surface area contributed by atoms with Crippen LogP contribution in [0.25, 0.3) is 0 Å². The zero-order chi connectivity index (χ0) is 19.8. The summed E-state index contributed by atoms with van der Waals surface area (Å²) < 4.78 is 10.5. The summed E-state index contributed by atoms with van der Waals surface area (Å²) in [5.74, 6) is 0.931. The second-order valence-electron chi connectivity index (χ2n) is 6.99. The van der Waals surface area contributed by atoms with Crippen LogP contribution in [0.4, 0.5) is 11.4 Å². The van der Waals surface area contributed by atoms with Crippen molar-refractivity contribution < 1.29 is 19.1 Å². The highest BCUT2D eigenvalue weighted by atomic mass is 16.5. The predicted molar refractivity (Wildman–Crippen MR) is 106 cm³/mol. The van der Waals surface area contributed by atoms with E-state index >= 15 is 0 Å². The second kappa shape index (κ2) is 7.07. The van der Waals surface area contributed by atoms with Crippen LogP contribution in [-0.4, -0.2) is 50.7 Å². The van der Waals surface area contributed by atoms with Gasteiger partial charge in [-0.15, -0.1) is 0 Å². The zero-order valence-corrected chi connectivity index (χ0v) is 16.2. The van der Waals surface area contributed by atoms with E-state index in [-0.39, 0.29) is 18.0 Å². The number of fused-ring (bicyclic) bond motifs is 2. The van der Waals surface area contributed by atoms with E-state index < -0.39 is 0 Å². The van der Waals surface area contributed by atoms with Crippen LogP contribution in [0.5, 0.6) is 11.5 Å². The standard InChI is InChI=1S/C21H23N3O4/c1-23-16-11-13(6-8-15(16)21(26)24-10-4-5-19(23)24)20(25)22-14-7-9-17(27-2)18(12-14)28-3/h6-9,11-12,19H,4-5,10H2,1-3H3,(H,22,25). The van der Waals surface area contributed by atoms with Crippen molar-refractivity contribution in [2.45, 2.75) is 19.0 Å². The Bertz CT molecular complexity index is 943. The number of anilines is 2. The van der Waals surface area contributed by atoms with Crippen molar-refractivity contribution in [1.29, 1.82) is 0 Å². The van der Waals surface area contributed by atoms with Gasteiger partial charge in [-0.2, -0.15) is 0 Å². The van der Waals surface area contributed by atoms with Crippen LogP contribution in [0.2, 0.25) is 0 Å². The summed E-state index contributed by atoms with van der Waals surface area (Å²) >= 11 is 0. The van der Waals surface area contributed by atoms with Gasteiger partial charge in [0, 0.05) is 30.9 Å². The first-order valence-corrected chi connectivity index (χ1v) is 9.24. The minimum absolute atomic E-state index is 0.0439. The zero-order valence-electron chi connectivity index (χ0n) is 16.2. The first-order chi connectivity index (χ1) is 13.5. The molecule has 4 rings (SSSR count). The molecule has 0 saturated carbocycles. The van der Waals surface area contributed by atoms with Crippen molar-refractivity contribution in [2.75, 3.05) is 38.0 Å². The predicted octanol–water partition coefficient (Wildman–Crippen LogP) is 2.97. The molecule has 1 fully saturated rings.